The van der Waals surface area contributed by atoms with Gasteiger partial charge in [0, 0.05) is 13.0 Å². The van der Waals surface area contributed by atoms with E-state index in [1.165, 1.54) is 35.6 Å². The van der Waals surface area contributed by atoms with E-state index < -0.39 is 10.0 Å². The average molecular weight is 337 g/mol. The normalized spacial score (nSPS) is 20.9. The molecule has 1 aliphatic rings. The summed E-state index contributed by atoms with van der Waals surface area (Å²) in [6.45, 7) is 2.37. The molecule has 4 nitrogen and oxygen atoms in total. The third kappa shape index (κ3) is 3.82. The standard InChI is InChI=1S/C17H20FNO3S/c1-12-9-16(12)17-8-7-15(22-17)10-19(2)23(20,21)11-13-3-5-14(18)6-4-13/h3-8,12,16H,9-11H2,1-2H3/t12-,16-/m0/s1. The van der Waals surface area contributed by atoms with Gasteiger partial charge >= 0.3 is 0 Å². The fourth-order valence-corrected chi connectivity index (χ4v) is 3.77. The molecule has 23 heavy (non-hydrogen) atoms. The van der Waals surface area contributed by atoms with Crippen molar-refractivity contribution in [1.29, 1.82) is 0 Å². The maximum absolute atomic E-state index is 12.9. The first kappa shape index (κ1) is 16.2. The molecule has 124 valence electrons. The van der Waals surface area contributed by atoms with Crippen molar-refractivity contribution in [3.8, 4) is 0 Å². The van der Waals surface area contributed by atoms with Crippen LogP contribution in [0.15, 0.2) is 40.8 Å². The van der Waals surface area contributed by atoms with Crippen molar-refractivity contribution < 1.29 is 17.2 Å². The summed E-state index contributed by atoms with van der Waals surface area (Å²) >= 11 is 0. The lowest BCUT2D eigenvalue weighted by Crippen LogP contribution is -2.27. The highest BCUT2D eigenvalue weighted by atomic mass is 32.2. The minimum Gasteiger partial charge on any atom is -0.464 e. The highest BCUT2D eigenvalue weighted by molar-refractivity contribution is 7.88. The molecule has 0 bridgehead atoms. The quantitative estimate of drug-likeness (QED) is 0.810. The topological polar surface area (TPSA) is 50.5 Å². The molecule has 1 aromatic carbocycles. The second kappa shape index (κ2) is 6.09. The minimum absolute atomic E-state index is 0.156. The molecule has 1 fully saturated rings. The van der Waals surface area contributed by atoms with Crippen LogP contribution in [0.3, 0.4) is 0 Å². The second-order valence-electron chi connectivity index (χ2n) is 6.26. The van der Waals surface area contributed by atoms with Gasteiger partial charge in [0.25, 0.3) is 0 Å². The Hall–Kier alpha value is -1.66. The van der Waals surface area contributed by atoms with Crippen LogP contribution in [0.1, 0.15) is 36.3 Å². The molecule has 0 aliphatic heterocycles. The van der Waals surface area contributed by atoms with E-state index in [9.17, 15) is 12.8 Å². The van der Waals surface area contributed by atoms with Crippen LogP contribution in [-0.4, -0.2) is 19.8 Å². The molecule has 0 radical (unpaired) electrons. The molecule has 0 spiro atoms. The third-order valence-electron chi connectivity index (χ3n) is 4.27. The maximum atomic E-state index is 12.9. The molecule has 0 amide bonds. The van der Waals surface area contributed by atoms with Gasteiger partial charge in [0.1, 0.15) is 17.3 Å². The largest absolute Gasteiger partial charge is 0.464 e. The lowest BCUT2D eigenvalue weighted by molar-refractivity contribution is 0.389. The summed E-state index contributed by atoms with van der Waals surface area (Å²) in [5.41, 5.74) is 0.560. The molecule has 1 aromatic heterocycles. The van der Waals surface area contributed by atoms with Crippen molar-refractivity contribution in [3.63, 3.8) is 0 Å². The van der Waals surface area contributed by atoms with E-state index in [2.05, 4.69) is 6.92 Å². The first-order valence-corrected chi connectivity index (χ1v) is 9.23. The summed E-state index contributed by atoms with van der Waals surface area (Å²) in [6, 6.07) is 9.27. The molecule has 1 saturated carbocycles. The van der Waals surface area contributed by atoms with Gasteiger partial charge in [-0.15, -0.1) is 0 Å². The van der Waals surface area contributed by atoms with Crippen molar-refractivity contribution >= 4 is 10.0 Å². The molecule has 1 aliphatic carbocycles. The molecule has 3 rings (SSSR count). The summed E-state index contributed by atoms with van der Waals surface area (Å²) in [6.07, 6.45) is 1.13. The molecule has 6 heteroatoms. The lowest BCUT2D eigenvalue weighted by atomic mass is 10.2. The predicted octanol–water partition coefficient (Wildman–Crippen LogP) is 3.50. The Morgan fingerprint density at radius 2 is 1.87 bits per heavy atom. The number of nitrogens with zero attached hydrogens (tertiary/aromatic N) is 1. The molecule has 0 unspecified atom stereocenters. The number of sulfonamides is 1. The smallest absolute Gasteiger partial charge is 0.218 e. The van der Waals surface area contributed by atoms with Crippen molar-refractivity contribution in [3.05, 3.63) is 59.3 Å². The van der Waals surface area contributed by atoms with Crippen LogP contribution in [0.4, 0.5) is 4.39 Å². The van der Waals surface area contributed by atoms with Crippen LogP contribution >= 0.6 is 0 Å². The second-order valence-corrected chi connectivity index (χ2v) is 8.34. The molecule has 2 aromatic rings. The fourth-order valence-electron chi connectivity index (χ4n) is 2.62. The number of halogens is 1. The predicted molar refractivity (Wildman–Crippen MR) is 85.7 cm³/mol. The Morgan fingerprint density at radius 1 is 1.22 bits per heavy atom. The van der Waals surface area contributed by atoms with Crippen LogP contribution in [0.25, 0.3) is 0 Å². The number of rotatable bonds is 6. The van der Waals surface area contributed by atoms with Gasteiger partial charge < -0.3 is 4.42 Å². The Kier molecular flexibility index (Phi) is 4.29. The van der Waals surface area contributed by atoms with E-state index in [0.29, 0.717) is 23.2 Å². The van der Waals surface area contributed by atoms with E-state index in [4.69, 9.17) is 4.42 Å². The zero-order valence-corrected chi connectivity index (χ0v) is 14.0. The van der Waals surface area contributed by atoms with E-state index in [1.807, 2.05) is 12.1 Å². The Labute approximate surface area is 136 Å². The Bertz CT molecular complexity index is 782. The van der Waals surface area contributed by atoms with Gasteiger partial charge in [-0.2, -0.15) is 4.31 Å². The van der Waals surface area contributed by atoms with Crippen LogP contribution < -0.4 is 0 Å². The summed E-state index contributed by atoms with van der Waals surface area (Å²) in [4.78, 5) is 0. The number of furan rings is 1. The van der Waals surface area contributed by atoms with Gasteiger partial charge in [0.05, 0.1) is 12.3 Å². The van der Waals surface area contributed by atoms with Gasteiger partial charge in [-0.1, -0.05) is 19.1 Å². The molecule has 2 atom stereocenters. The SMILES string of the molecule is C[C@H]1C[C@@H]1c1ccc(CN(C)S(=O)(=O)Cc2ccc(F)cc2)o1. The summed E-state index contributed by atoms with van der Waals surface area (Å²) in [5.74, 6) is 2.17. The number of hydrogen-bond donors (Lipinski definition) is 0. The van der Waals surface area contributed by atoms with Gasteiger partial charge in [-0.05, 0) is 42.2 Å². The Morgan fingerprint density at radius 3 is 2.48 bits per heavy atom. The van der Waals surface area contributed by atoms with Crippen molar-refractivity contribution in [1.82, 2.24) is 4.31 Å². The maximum Gasteiger partial charge on any atom is 0.218 e. The highest BCUT2D eigenvalue weighted by Crippen LogP contribution is 2.47. The average Bonchev–Trinajstić information content (AvgIpc) is 3.04. The lowest BCUT2D eigenvalue weighted by Gasteiger charge is -2.16. The number of hydrogen-bond acceptors (Lipinski definition) is 3. The summed E-state index contributed by atoms with van der Waals surface area (Å²) in [5, 5.41) is 0. The van der Waals surface area contributed by atoms with Crippen LogP contribution in [0, 0.1) is 11.7 Å². The zero-order valence-electron chi connectivity index (χ0n) is 13.2. The first-order valence-electron chi connectivity index (χ1n) is 7.62. The van der Waals surface area contributed by atoms with Crippen LogP contribution in [0.2, 0.25) is 0 Å². The fraction of sp³-hybridized carbons (Fsp3) is 0.412. The van der Waals surface area contributed by atoms with Crippen molar-refractivity contribution in [2.75, 3.05) is 7.05 Å². The first-order chi connectivity index (χ1) is 10.8. The van der Waals surface area contributed by atoms with Crippen molar-refractivity contribution in [2.24, 2.45) is 5.92 Å². The van der Waals surface area contributed by atoms with E-state index in [1.54, 1.807) is 0 Å². The summed E-state index contributed by atoms with van der Waals surface area (Å²) < 4.78 is 44.7. The van der Waals surface area contributed by atoms with Crippen LogP contribution in [-0.2, 0) is 22.3 Å². The molecule has 0 N–H and O–H groups in total. The van der Waals surface area contributed by atoms with Gasteiger partial charge in [-0.3, -0.25) is 0 Å². The van der Waals surface area contributed by atoms with Gasteiger partial charge in [-0.25, -0.2) is 12.8 Å². The van der Waals surface area contributed by atoms with Gasteiger partial charge in [0.15, 0.2) is 0 Å². The van der Waals surface area contributed by atoms with E-state index in [0.717, 1.165) is 12.2 Å². The summed E-state index contributed by atoms with van der Waals surface area (Å²) in [7, 11) is -1.95. The molecular formula is C17H20FNO3S. The van der Waals surface area contributed by atoms with Crippen molar-refractivity contribution in [2.45, 2.75) is 31.6 Å². The monoisotopic (exact) mass is 337 g/mol. The third-order valence-corrected chi connectivity index (χ3v) is 6.05. The van der Waals surface area contributed by atoms with E-state index in [-0.39, 0.29) is 18.1 Å². The van der Waals surface area contributed by atoms with E-state index >= 15 is 0 Å². The van der Waals surface area contributed by atoms with Crippen LogP contribution in [0.5, 0.6) is 0 Å². The Balaban J connectivity index is 1.65. The van der Waals surface area contributed by atoms with Gasteiger partial charge in [0.2, 0.25) is 10.0 Å². The molecular weight excluding hydrogens is 317 g/mol. The molecule has 0 saturated heterocycles. The highest BCUT2D eigenvalue weighted by Gasteiger charge is 2.36. The zero-order chi connectivity index (χ0) is 16.6. The number of benzene rings is 1. The minimum atomic E-state index is -3.48. The molecule has 1 heterocycles.